The molecule has 0 amide bonds. The van der Waals surface area contributed by atoms with Crippen LogP contribution in [0.3, 0.4) is 0 Å². The van der Waals surface area contributed by atoms with Crippen molar-refractivity contribution in [1.82, 2.24) is 29.9 Å². The van der Waals surface area contributed by atoms with Gasteiger partial charge >= 0.3 is 0 Å². The molecule has 0 unspecified atom stereocenters. The molecular weight excluding hydrogens is 370 g/mol. The number of nitrogens with one attached hydrogen (secondary N) is 1. The number of aryl methyl sites for hydroxylation is 1. The molecule has 1 atom stereocenters. The van der Waals surface area contributed by atoms with Crippen LogP contribution < -0.4 is 5.32 Å². The first-order valence-electron chi connectivity index (χ1n) is 8.75. The highest BCUT2D eigenvalue weighted by molar-refractivity contribution is 7.59. The van der Waals surface area contributed by atoms with E-state index < -0.39 is 0 Å². The second-order valence-corrected chi connectivity index (χ2v) is 6.36. The summed E-state index contributed by atoms with van der Waals surface area (Å²) in [5.74, 6) is 1.74. The average Bonchev–Trinajstić information content (AvgIpc) is 2.72. The number of fused-ring (bicyclic) bond motifs is 1. The molecule has 28 heavy (non-hydrogen) atoms. The molecular formula is C20H21N7S. The van der Waals surface area contributed by atoms with E-state index in [0.29, 0.717) is 0 Å². The van der Waals surface area contributed by atoms with Crippen molar-refractivity contribution in [2.75, 3.05) is 11.9 Å². The van der Waals surface area contributed by atoms with E-state index in [1.165, 1.54) is 0 Å². The van der Waals surface area contributed by atoms with Crippen LogP contribution in [-0.2, 0) is 0 Å². The lowest BCUT2D eigenvalue weighted by molar-refractivity contribution is 0.804. The van der Waals surface area contributed by atoms with E-state index in [1.54, 1.807) is 24.9 Å². The van der Waals surface area contributed by atoms with E-state index in [0.717, 1.165) is 46.0 Å². The SMILES string of the molecule is Cc1ncc(-c2cc(NC[C@@H](C)c3ccnc4cccnc34)ncn2)cn1.S. The first kappa shape index (κ1) is 19.6. The number of nitrogens with zero attached hydrogens (tertiary/aromatic N) is 6. The molecule has 4 aromatic heterocycles. The van der Waals surface area contributed by atoms with Crippen LogP contribution in [0, 0.1) is 6.92 Å². The van der Waals surface area contributed by atoms with E-state index in [2.05, 4.69) is 42.1 Å². The van der Waals surface area contributed by atoms with Gasteiger partial charge in [0.05, 0.1) is 16.7 Å². The average molecular weight is 392 g/mol. The van der Waals surface area contributed by atoms with Crippen LogP contribution in [-0.4, -0.2) is 36.4 Å². The van der Waals surface area contributed by atoms with Gasteiger partial charge in [-0.25, -0.2) is 19.9 Å². The van der Waals surface area contributed by atoms with Crippen LogP contribution in [0.5, 0.6) is 0 Å². The number of hydrogen-bond donors (Lipinski definition) is 1. The molecule has 0 aromatic carbocycles. The van der Waals surface area contributed by atoms with Crippen molar-refractivity contribution in [1.29, 1.82) is 0 Å². The quantitative estimate of drug-likeness (QED) is 0.557. The Bertz CT molecular complexity index is 1060. The van der Waals surface area contributed by atoms with Gasteiger partial charge in [-0.2, -0.15) is 13.5 Å². The predicted molar refractivity (Wildman–Crippen MR) is 115 cm³/mol. The fraction of sp³-hybridized carbons (Fsp3) is 0.200. The minimum absolute atomic E-state index is 0. The van der Waals surface area contributed by atoms with Gasteiger partial charge in [-0.05, 0) is 30.7 Å². The number of anilines is 1. The second-order valence-electron chi connectivity index (χ2n) is 6.36. The summed E-state index contributed by atoms with van der Waals surface area (Å²) in [7, 11) is 0. The van der Waals surface area contributed by atoms with E-state index in [9.17, 15) is 0 Å². The molecule has 7 nitrogen and oxygen atoms in total. The Labute approximate surface area is 170 Å². The number of hydrogen-bond acceptors (Lipinski definition) is 7. The Morgan fingerprint density at radius 3 is 2.61 bits per heavy atom. The number of rotatable bonds is 5. The van der Waals surface area contributed by atoms with Gasteiger partial charge in [-0.3, -0.25) is 9.97 Å². The lowest BCUT2D eigenvalue weighted by Crippen LogP contribution is -2.12. The van der Waals surface area contributed by atoms with Gasteiger partial charge in [0.2, 0.25) is 0 Å². The van der Waals surface area contributed by atoms with E-state index in [1.807, 2.05) is 37.4 Å². The first-order valence-corrected chi connectivity index (χ1v) is 8.75. The summed E-state index contributed by atoms with van der Waals surface area (Å²) in [6.07, 6.45) is 8.72. The summed E-state index contributed by atoms with van der Waals surface area (Å²) in [6.45, 7) is 4.73. The summed E-state index contributed by atoms with van der Waals surface area (Å²) >= 11 is 0. The third-order valence-electron chi connectivity index (χ3n) is 4.39. The van der Waals surface area contributed by atoms with Crippen LogP contribution in [0.15, 0.2) is 55.4 Å². The Morgan fingerprint density at radius 2 is 1.79 bits per heavy atom. The largest absolute Gasteiger partial charge is 0.369 e. The zero-order chi connectivity index (χ0) is 18.6. The molecule has 4 heterocycles. The molecule has 0 fully saturated rings. The minimum atomic E-state index is 0. The molecule has 8 heteroatoms. The molecule has 0 aliphatic carbocycles. The van der Waals surface area contributed by atoms with Crippen LogP contribution in [0.25, 0.3) is 22.3 Å². The van der Waals surface area contributed by atoms with Crippen molar-refractivity contribution in [3.05, 3.63) is 66.8 Å². The molecule has 0 aliphatic heterocycles. The minimum Gasteiger partial charge on any atom is -0.369 e. The van der Waals surface area contributed by atoms with Gasteiger partial charge in [-0.1, -0.05) is 6.92 Å². The van der Waals surface area contributed by atoms with Gasteiger partial charge in [0.25, 0.3) is 0 Å². The highest BCUT2D eigenvalue weighted by Crippen LogP contribution is 2.23. The second kappa shape index (κ2) is 8.71. The maximum absolute atomic E-state index is 4.49. The Balaban J connectivity index is 0.00000225. The van der Waals surface area contributed by atoms with E-state index in [4.69, 9.17) is 0 Å². The zero-order valence-electron chi connectivity index (χ0n) is 15.7. The number of aromatic nitrogens is 6. The van der Waals surface area contributed by atoms with E-state index >= 15 is 0 Å². The Morgan fingerprint density at radius 1 is 0.964 bits per heavy atom. The van der Waals surface area contributed by atoms with Crippen molar-refractivity contribution < 1.29 is 0 Å². The maximum atomic E-state index is 4.49. The zero-order valence-corrected chi connectivity index (χ0v) is 16.7. The molecule has 0 aliphatic rings. The number of pyridine rings is 2. The smallest absolute Gasteiger partial charge is 0.129 e. The molecule has 0 saturated carbocycles. The molecule has 4 rings (SSSR count). The van der Waals surface area contributed by atoms with Crippen LogP contribution >= 0.6 is 13.5 Å². The summed E-state index contributed by atoms with van der Waals surface area (Å²) in [6, 6.07) is 7.81. The first-order chi connectivity index (χ1) is 13.2. The molecule has 0 saturated heterocycles. The fourth-order valence-electron chi connectivity index (χ4n) is 2.90. The van der Waals surface area contributed by atoms with Gasteiger partial charge < -0.3 is 5.32 Å². The molecule has 0 bridgehead atoms. The lowest BCUT2D eigenvalue weighted by atomic mass is 10.0. The van der Waals surface area contributed by atoms with Crippen LogP contribution in [0.1, 0.15) is 24.2 Å². The van der Waals surface area contributed by atoms with Crippen molar-refractivity contribution in [2.45, 2.75) is 19.8 Å². The Hall–Kier alpha value is -3.13. The highest BCUT2D eigenvalue weighted by atomic mass is 32.1. The summed E-state index contributed by atoms with van der Waals surface area (Å²) in [5.41, 5.74) is 4.66. The van der Waals surface area contributed by atoms with Crippen molar-refractivity contribution in [3.8, 4) is 11.3 Å². The van der Waals surface area contributed by atoms with Gasteiger partial charge in [0.15, 0.2) is 0 Å². The molecule has 142 valence electrons. The maximum Gasteiger partial charge on any atom is 0.129 e. The monoisotopic (exact) mass is 391 g/mol. The molecule has 1 N–H and O–H groups in total. The van der Waals surface area contributed by atoms with Crippen molar-refractivity contribution >= 4 is 30.3 Å². The van der Waals surface area contributed by atoms with Gasteiger partial charge in [0.1, 0.15) is 18.0 Å². The fourth-order valence-corrected chi connectivity index (χ4v) is 2.90. The summed E-state index contributed by atoms with van der Waals surface area (Å²) in [5, 5.41) is 3.39. The normalized spacial score (nSPS) is 11.6. The standard InChI is InChI=1S/C20H19N7.H2S/c1-13(16-5-7-21-17-4-3-6-22-20(16)17)9-25-19-8-18(26-12-27-19)15-10-23-14(2)24-11-15;/h3-8,10-13H,9H2,1-2H3,(H,25,26,27);1H2/t13-;/m1./s1. The Kier molecular flexibility index (Phi) is 6.10. The molecule has 0 spiro atoms. The van der Waals surface area contributed by atoms with Crippen molar-refractivity contribution in [2.24, 2.45) is 0 Å². The lowest BCUT2D eigenvalue weighted by Gasteiger charge is -2.15. The third kappa shape index (κ3) is 4.23. The van der Waals surface area contributed by atoms with Gasteiger partial charge in [0, 0.05) is 48.9 Å². The van der Waals surface area contributed by atoms with Crippen LogP contribution in [0.4, 0.5) is 5.82 Å². The molecule has 0 radical (unpaired) electrons. The topological polar surface area (TPSA) is 89.4 Å². The van der Waals surface area contributed by atoms with Crippen molar-refractivity contribution in [3.63, 3.8) is 0 Å². The predicted octanol–water partition coefficient (Wildman–Crippen LogP) is 3.51. The summed E-state index contributed by atoms with van der Waals surface area (Å²) in [4.78, 5) is 25.9. The van der Waals surface area contributed by atoms with Crippen LogP contribution in [0.2, 0.25) is 0 Å². The highest BCUT2D eigenvalue weighted by Gasteiger charge is 2.11. The van der Waals surface area contributed by atoms with E-state index in [-0.39, 0.29) is 19.4 Å². The molecule has 4 aromatic rings. The summed E-state index contributed by atoms with van der Waals surface area (Å²) < 4.78 is 0. The third-order valence-corrected chi connectivity index (χ3v) is 4.39. The van der Waals surface area contributed by atoms with Gasteiger partial charge in [-0.15, -0.1) is 0 Å².